The molecule has 1 aromatic rings. The number of ether oxygens (including phenoxy) is 2. The molecule has 0 aromatic heterocycles. The highest BCUT2D eigenvalue weighted by molar-refractivity contribution is 9.10. The van der Waals surface area contributed by atoms with E-state index in [9.17, 15) is 13.6 Å². The summed E-state index contributed by atoms with van der Waals surface area (Å²) in [6, 6.07) is 1.98. The second-order valence-corrected chi connectivity index (χ2v) is 8.63. The molecule has 1 amide bonds. The molecule has 0 aliphatic rings. The molecule has 0 heterocycles. The minimum absolute atomic E-state index is 0.0224. The second kappa shape index (κ2) is 8.34. The van der Waals surface area contributed by atoms with Crippen LogP contribution in [0.2, 0.25) is 0 Å². The predicted octanol–water partition coefficient (Wildman–Crippen LogP) is 5.44. The van der Waals surface area contributed by atoms with E-state index in [-0.39, 0.29) is 22.7 Å². The molecular weight excluding hydrogens is 396 g/mol. The van der Waals surface area contributed by atoms with Gasteiger partial charge >= 0.3 is 6.09 Å². The Morgan fingerprint density at radius 2 is 1.80 bits per heavy atom. The Balaban J connectivity index is 2.88. The van der Waals surface area contributed by atoms with Crippen molar-refractivity contribution in [3.8, 4) is 5.75 Å². The van der Waals surface area contributed by atoms with Crippen LogP contribution in [0.25, 0.3) is 0 Å². The van der Waals surface area contributed by atoms with Gasteiger partial charge in [-0.1, -0.05) is 13.8 Å². The Kier molecular flexibility index (Phi) is 7.23. The molecule has 0 unspecified atom stereocenters. The monoisotopic (exact) mass is 421 g/mol. The Morgan fingerprint density at radius 3 is 2.32 bits per heavy atom. The maximum absolute atomic E-state index is 13.9. The fraction of sp³-hybridized carbons (Fsp3) is 0.611. The average molecular weight is 422 g/mol. The number of rotatable bonds is 6. The first-order chi connectivity index (χ1) is 11.3. The summed E-state index contributed by atoms with van der Waals surface area (Å²) in [5.74, 6) is -1.27. The topological polar surface area (TPSA) is 47.6 Å². The Hall–Kier alpha value is -1.37. The van der Waals surface area contributed by atoms with E-state index in [1.807, 2.05) is 13.8 Å². The van der Waals surface area contributed by atoms with Gasteiger partial charge in [0.2, 0.25) is 0 Å². The van der Waals surface area contributed by atoms with E-state index >= 15 is 0 Å². The van der Waals surface area contributed by atoms with Gasteiger partial charge in [-0.3, -0.25) is 0 Å². The van der Waals surface area contributed by atoms with E-state index in [4.69, 9.17) is 9.47 Å². The summed E-state index contributed by atoms with van der Waals surface area (Å²) in [6.07, 6.45) is -0.00549. The third kappa shape index (κ3) is 7.59. The quantitative estimate of drug-likeness (QED) is 0.622. The molecule has 0 fully saturated rings. The van der Waals surface area contributed by atoms with E-state index in [0.717, 1.165) is 12.1 Å². The van der Waals surface area contributed by atoms with Gasteiger partial charge in [-0.2, -0.15) is 0 Å². The standard InChI is InChI=1S/C18H26BrF2NO3/c1-11(2)9-18(6,22-16(23)25-17(3,4)5)10-24-15-8-13(20)12(19)7-14(15)21/h7-8,11H,9-10H2,1-6H3,(H,22,23)/t18-/m0/s1. The van der Waals surface area contributed by atoms with Gasteiger partial charge in [0.05, 0.1) is 10.0 Å². The van der Waals surface area contributed by atoms with Crippen LogP contribution in [0.1, 0.15) is 48.0 Å². The van der Waals surface area contributed by atoms with Gasteiger partial charge in [-0.25, -0.2) is 13.6 Å². The van der Waals surface area contributed by atoms with E-state index < -0.39 is 28.9 Å². The van der Waals surface area contributed by atoms with Crippen LogP contribution in [0.15, 0.2) is 16.6 Å². The Morgan fingerprint density at radius 1 is 1.20 bits per heavy atom. The van der Waals surface area contributed by atoms with Crippen LogP contribution in [0.4, 0.5) is 13.6 Å². The highest BCUT2D eigenvalue weighted by atomic mass is 79.9. The van der Waals surface area contributed by atoms with Crippen molar-refractivity contribution in [1.29, 1.82) is 0 Å². The summed E-state index contributed by atoms with van der Waals surface area (Å²) in [6.45, 7) is 11.0. The normalized spacial score (nSPS) is 14.2. The highest BCUT2D eigenvalue weighted by Gasteiger charge is 2.31. The third-order valence-corrected chi connectivity index (χ3v) is 3.79. The van der Waals surface area contributed by atoms with Gasteiger partial charge in [-0.15, -0.1) is 0 Å². The Labute approximate surface area is 156 Å². The van der Waals surface area contributed by atoms with Crippen LogP contribution < -0.4 is 10.1 Å². The zero-order chi connectivity index (χ0) is 19.4. The lowest BCUT2D eigenvalue weighted by Crippen LogP contribution is -2.52. The second-order valence-electron chi connectivity index (χ2n) is 7.77. The molecule has 7 heteroatoms. The van der Waals surface area contributed by atoms with Crippen molar-refractivity contribution < 1.29 is 23.0 Å². The van der Waals surface area contributed by atoms with Gasteiger partial charge in [0, 0.05) is 6.07 Å². The molecular formula is C18H26BrF2NO3. The van der Waals surface area contributed by atoms with Crippen molar-refractivity contribution >= 4 is 22.0 Å². The zero-order valence-electron chi connectivity index (χ0n) is 15.5. The predicted molar refractivity (Wildman–Crippen MR) is 96.8 cm³/mol. The number of carbonyl (C=O) groups is 1. The van der Waals surface area contributed by atoms with E-state index in [1.165, 1.54) is 0 Å². The fourth-order valence-corrected chi connectivity index (χ4v) is 2.76. The molecule has 0 saturated carbocycles. The van der Waals surface area contributed by atoms with Crippen molar-refractivity contribution in [1.82, 2.24) is 5.32 Å². The minimum atomic E-state index is -0.799. The lowest BCUT2D eigenvalue weighted by Gasteiger charge is -2.33. The lowest BCUT2D eigenvalue weighted by atomic mass is 9.91. The van der Waals surface area contributed by atoms with Crippen molar-refractivity contribution in [2.24, 2.45) is 5.92 Å². The van der Waals surface area contributed by atoms with Crippen LogP contribution in [0, 0.1) is 17.6 Å². The molecule has 1 aromatic carbocycles. The molecule has 0 spiro atoms. The van der Waals surface area contributed by atoms with Gasteiger partial charge < -0.3 is 14.8 Å². The van der Waals surface area contributed by atoms with E-state index in [1.54, 1.807) is 27.7 Å². The van der Waals surface area contributed by atoms with Crippen molar-refractivity contribution in [2.75, 3.05) is 6.61 Å². The summed E-state index contributed by atoms with van der Waals surface area (Å²) in [7, 11) is 0. The maximum Gasteiger partial charge on any atom is 0.408 e. The molecule has 142 valence electrons. The molecule has 0 radical (unpaired) electrons. The number of benzene rings is 1. The molecule has 0 aliphatic heterocycles. The number of halogens is 3. The van der Waals surface area contributed by atoms with Gasteiger partial charge in [0.15, 0.2) is 11.6 Å². The average Bonchev–Trinajstić information content (AvgIpc) is 2.38. The highest BCUT2D eigenvalue weighted by Crippen LogP contribution is 2.27. The van der Waals surface area contributed by atoms with Crippen LogP contribution >= 0.6 is 15.9 Å². The lowest BCUT2D eigenvalue weighted by molar-refractivity contribution is 0.0406. The molecule has 1 atom stereocenters. The first-order valence-corrected chi connectivity index (χ1v) is 8.89. The van der Waals surface area contributed by atoms with Crippen LogP contribution in [0.3, 0.4) is 0 Å². The SMILES string of the molecule is CC(C)C[C@@](C)(COc1cc(F)c(Br)cc1F)NC(=O)OC(C)(C)C. The number of carbonyl (C=O) groups excluding carboxylic acids is 1. The largest absolute Gasteiger partial charge is 0.488 e. The molecule has 0 aliphatic carbocycles. The minimum Gasteiger partial charge on any atom is -0.488 e. The van der Waals surface area contributed by atoms with Crippen molar-refractivity contribution in [3.05, 3.63) is 28.2 Å². The summed E-state index contributed by atoms with van der Waals surface area (Å²) < 4.78 is 38.3. The summed E-state index contributed by atoms with van der Waals surface area (Å²) in [4.78, 5) is 12.1. The number of alkyl carbamates (subject to hydrolysis) is 1. The number of amides is 1. The van der Waals surface area contributed by atoms with Gasteiger partial charge in [0.1, 0.15) is 18.0 Å². The van der Waals surface area contributed by atoms with E-state index in [0.29, 0.717) is 6.42 Å². The maximum atomic E-state index is 13.9. The summed E-state index contributed by atoms with van der Waals surface area (Å²) in [5, 5.41) is 2.79. The zero-order valence-corrected chi connectivity index (χ0v) is 17.1. The van der Waals surface area contributed by atoms with Crippen LogP contribution in [-0.4, -0.2) is 23.8 Å². The van der Waals surface area contributed by atoms with Gasteiger partial charge in [0.25, 0.3) is 0 Å². The molecule has 0 bridgehead atoms. The summed E-state index contributed by atoms with van der Waals surface area (Å²) >= 11 is 2.92. The Bertz CT molecular complexity index is 617. The third-order valence-electron chi connectivity index (χ3n) is 3.18. The smallest absolute Gasteiger partial charge is 0.408 e. The van der Waals surface area contributed by atoms with Crippen molar-refractivity contribution in [2.45, 2.75) is 59.1 Å². The molecule has 0 saturated heterocycles. The van der Waals surface area contributed by atoms with Crippen LogP contribution in [0.5, 0.6) is 5.75 Å². The number of hydrogen-bond donors (Lipinski definition) is 1. The summed E-state index contributed by atoms with van der Waals surface area (Å²) in [5.41, 5.74) is -1.43. The molecule has 4 nitrogen and oxygen atoms in total. The molecule has 1 N–H and O–H groups in total. The molecule has 1 rings (SSSR count). The van der Waals surface area contributed by atoms with E-state index in [2.05, 4.69) is 21.2 Å². The first-order valence-electron chi connectivity index (χ1n) is 8.10. The van der Waals surface area contributed by atoms with Crippen molar-refractivity contribution in [3.63, 3.8) is 0 Å². The van der Waals surface area contributed by atoms with Crippen LogP contribution in [-0.2, 0) is 4.74 Å². The van der Waals surface area contributed by atoms with Gasteiger partial charge in [-0.05, 0) is 62.0 Å². The number of nitrogens with one attached hydrogen (secondary N) is 1. The molecule has 25 heavy (non-hydrogen) atoms. The number of hydrogen-bond acceptors (Lipinski definition) is 3. The first kappa shape index (κ1) is 21.7. The fourth-order valence-electron chi connectivity index (χ4n) is 2.45.